The smallest absolute Gasteiger partial charge is 0.315 e. The average Bonchev–Trinajstić information content (AvgIpc) is 2.37. The van der Waals surface area contributed by atoms with Crippen LogP contribution in [0.3, 0.4) is 0 Å². The summed E-state index contributed by atoms with van der Waals surface area (Å²) in [4.78, 5) is 23.5. The summed E-state index contributed by atoms with van der Waals surface area (Å²) in [5.74, 6) is 1.10. The summed E-state index contributed by atoms with van der Waals surface area (Å²) in [5.41, 5.74) is 1.43. The SMILES string of the molecule is C#C[C@@H](C)OC(=O)[C@@H]1CC(=O)Nc2ccccc21. The van der Waals surface area contributed by atoms with Crippen LogP contribution in [0, 0.1) is 12.3 Å². The molecule has 1 aromatic carbocycles. The zero-order valence-electron chi connectivity index (χ0n) is 9.97. The van der Waals surface area contributed by atoms with E-state index < -0.39 is 18.0 Å². The highest BCUT2D eigenvalue weighted by atomic mass is 16.5. The minimum absolute atomic E-state index is 0.0904. The molecule has 0 spiro atoms. The molecule has 0 unspecified atom stereocenters. The summed E-state index contributed by atoms with van der Waals surface area (Å²) in [5, 5.41) is 2.73. The summed E-state index contributed by atoms with van der Waals surface area (Å²) < 4.78 is 5.09. The molecule has 1 N–H and O–H groups in total. The van der Waals surface area contributed by atoms with Gasteiger partial charge in [-0.05, 0) is 18.6 Å². The number of amides is 1. The fourth-order valence-electron chi connectivity index (χ4n) is 1.91. The van der Waals surface area contributed by atoms with Crippen molar-refractivity contribution in [2.24, 2.45) is 0 Å². The predicted octanol–water partition coefficient (Wildman–Crippen LogP) is 1.68. The van der Waals surface area contributed by atoms with E-state index in [2.05, 4.69) is 11.2 Å². The second kappa shape index (κ2) is 4.92. The summed E-state index contributed by atoms with van der Waals surface area (Å²) in [7, 11) is 0. The van der Waals surface area contributed by atoms with Crippen LogP contribution >= 0.6 is 0 Å². The molecule has 92 valence electrons. The lowest BCUT2D eigenvalue weighted by atomic mass is 9.90. The molecule has 0 saturated carbocycles. The highest BCUT2D eigenvalue weighted by molar-refractivity contribution is 5.99. The molecule has 1 aliphatic rings. The molecule has 4 nitrogen and oxygen atoms in total. The van der Waals surface area contributed by atoms with Gasteiger partial charge in [-0.15, -0.1) is 6.42 Å². The zero-order valence-corrected chi connectivity index (χ0v) is 9.97. The first-order chi connectivity index (χ1) is 8.61. The molecule has 0 saturated heterocycles. The molecule has 1 amide bonds. The fraction of sp³-hybridized carbons (Fsp3) is 0.286. The van der Waals surface area contributed by atoms with Crippen LogP contribution < -0.4 is 5.32 Å². The standard InChI is InChI=1S/C14H13NO3/c1-3-9(2)18-14(17)11-8-13(16)15-12-7-5-4-6-10(11)12/h1,4-7,9,11H,8H2,2H3,(H,15,16)/t9-,11-/m1/s1. The van der Waals surface area contributed by atoms with Gasteiger partial charge in [-0.2, -0.15) is 0 Å². The maximum Gasteiger partial charge on any atom is 0.315 e. The lowest BCUT2D eigenvalue weighted by Gasteiger charge is -2.24. The first-order valence-corrected chi connectivity index (χ1v) is 5.67. The highest BCUT2D eigenvalue weighted by Crippen LogP contribution is 2.32. The fourth-order valence-corrected chi connectivity index (χ4v) is 1.91. The Morgan fingerprint density at radius 3 is 3.00 bits per heavy atom. The van der Waals surface area contributed by atoms with E-state index in [4.69, 9.17) is 11.2 Å². The van der Waals surface area contributed by atoms with Gasteiger partial charge in [0.15, 0.2) is 6.10 Å². The Hall–Kier alpha value is -2.28. The molecular weight excluding hydrogens is 230 g/mol. The van der Waals surface area contributed by atoms with Crippen LogP contribution in [0.5, 0.6) is 0 Å². The van der Waals surface area contributed by atoms with Crippen molar-refractivity contribution in [3.8, 4) is 12.3 Å². The number of fused-ring (bicyclic) bond motifs is 1. The molecule has 2 rings (SSSR count). The number of hydrogen-bond donors (Lipinski definition) is 1. The molecule has 4 heteroatoms. The molecule has 0 bridgehead atoms. The third kappa shape index (κ3) is 2.35. The van der Waals surface area contributed by atoms with Crippen molar-refractivity contribution in [2.75, 3.05) is 5.32 Å². The second-order valence-electron chi connectivity index (χ2n) is 4.14. The van der Waals surface area contributed by atoms with Crippen molar-refractivity contribution < 1.29 is 14.3 Å². The minimum atomic E-state index is -0.588. The van der Waals surface area contributed by atoms with Crippen LogP contribution in [0.1, 0.15) is 24.8 Å². The van der Waals surface area contributed by atoms with Gasteiger partial charge >= 0.3 is 5.97 Å². The Morgan fingerprint density at radius 1 is 1.56 bits per heavy atom. The number of terminal acetylenes is 1. The Morgan fingerprint density at radius 2 is 2.28 bits per heavy atom. The van der Waals surface area contributed by atoms with Crippen LogP contribution in [0.15, 0.2) is 24.3 Å². The summed E-state index contributed by atoms with van der Waals surface area (Å²) in [6.45, 7) is 1.62. The molecule has 0 aliphatic carbocycles. The number of esters is 1. The molecule has 1 aliphatic heterocycles. The summed E-state index contributed by atoms with van der Waals surface area (Å²) >= 11 is 0. The Labute approximate surface area is 105 Å². The van der Waals surface area contributed by atoms with Gasteiger partial charge in [-0.1, -0.05) is 24.1 Å². The maximum absolute atomic E-state index is 12.0. The predicted molar refractivity (Wildman–Crippen MR) is 66.8 cm³/mol. The molecule has 1 heterocycles. The largest absolute Gasteiger partial charge is 0.449 e. The van der Waals surface area contributed by atoms with E-state index in [0.29, 0.717) is 5.69 Å². The number of hydrogen-bond acceptors (Lipinski definition) is 3. The number of anilines is 1. The first-order valence-electron chi connectivity index (χ1n) is 5.67. The number of rotatable bonds is 2. The Kier molecular flexibility index (Phi) is 3.33. The van der Waals surface area contributed by atoms with Crippen LogP contribution in [-0.4, -0.2) is 18.0 Å². The van der Waals surface area contributed by atoms with Crippen molar-refractivity contribution >= 4 is 17.6 Å². The zero-order chi connectivity index (χ0) is 13.1. The van der Waals surface area contributed by atoms with E-state index in [1.165, 1.54) is 0 Å². The van der Waals surface area contributed by atoms with Crippen molar-refractivity contribution in [3.63, 3.8) is 0 Å². The lowest BCUT2D eigenvalue weighted by molar-refractivity contribution is -0.149. The third-order valence-corrected chi connectivity index (χ3v) is 2.81. The second-order valence-corrected chi connectivity index (χ2v) is 4.14. The third-order valence-electron chi connectivity index (χ3n) is 2.81. The molecule has 0 fully saturated rings. The molecule has 0 radical (unpaired) electrons. The van der Waals surface area contributed by atoms with E-state index in [0.717, 1.165) is 5.56 Å². The number of nitrogens with one attached hydrogen (secondary N) is 1. The molecule has 18 heavy (non-hydrogen) atoms. The number of carbonyl (C=O) groups is 2. The van der Waals surface area contributed by atoms with Crippen molar-refractivity contribution in [3.05, 3.63) is 29.8 Å². The van der Waals surface area contributed by atoms with Gasteiger partial charge in [0.2, 0.25) is 5.91 Å². The number of benzene rings is 1. The average molecular weight is 243 g/mol. The van der Waals surface area contributed by atoms with Gasteiger partial charge in [0.1, 0.15) is 0 Å². The van der Waals surface area contributed by atoms with Gasteiger partial charge in [-0.25, -0.2) is 0 Å². The topological polar surface area (TPSA) is 55.4 Å². The molecule has 2 atom stereocenters. The van der Waals surface area contributed by atoms with Crippen molar-refractivity contribution in [2.45, 2.75) is 25.4 Å². The van der Waals surface area contributed by atoms with Crippen molar-refractivity contribution in [1.82, 2.24) is 0 Å². The van der Waals surface area contributed by atoms with Crippen LogP contribution in [0.2, 0.25) is 0 Å². The normalized spacial score (nSPS) is 19.1. The van der Waals surface area contributed by atoms with Gasteiger partial charge in [-0.3, -0.25) is 9.59 Å². The van der Waals surface area contributed by atoms with Gasteiger partial charge in [0.25, 0.3) is 0 Å². The number of ether oxygens (including phenoxy) is 1. The molecule has 1 aromatic rings. The van der Waals surface area contributed by atoms with E-state index >= 15 is 0 Å². The monoisotopic (exact) mass is 243 g/mol. The van der Waals surface area contributed by atoms with Gasteiger partial charge < -0.3 is 10.1 Å². The van der Waals surface area contributed by atoms with Crippen LogP contribution in [-0.2, 0) is 14.3 Å². The lowest BCUT2D eigenvalue weighted by Crippen LogP contribution is -2.29. The van der Waals surface area contributed by atoms with E-state index in [9.17, 15) is 9.59 Å². The van der Waals surface area contributed by atoms with Crippen LogP contribution in [0.25, 0.3) is 0 Å². The van der Waals surface area contributed by atoms with Gasteiger partial charge in [0.05, 0.1) is 5.92 Å². The van der Waals surface area contributed by atoms with E-state index in [-0.39, 0.29) is 12.3 Å². The first kappa shape index (κ1) is 12.2. The van der Waals surface area contributed by atoms with Crippen LogP contribution in [0.4, 0.5) is 5.69 Å². The van der Waals surface area contributed by atoms with E-state index in [1.807, 2.05) is 6.07 Å². The molecular formula is C14H13NO3. The summed E-state index contributed by atoms with van der Waals surface area (Å²) in [6.07, 6.45) is 4.67. The Bertz CT molecular complexity index is 530. The molecule has 0 aromatic heterocycles. The number of carbonyl (C=O) groups excluding carboxylic acids is 2. The minimum Gasteiger partial charge on any atom is -0.449 e. The van der Waals surface area contributed by atoms with Crippen molar-refractivity contribution in [1.29, 1.82) is 0 Å². The van der Waals surface area contributed by atoms with E-state index in [1.54, 1.807) is 25.1 Å². The van der Waals surface area contributed by atoms with Gasteiger partial charge in [0, 0.05) is 12.1 Å². The Balaban J connectivity index is 2.26. The highest BCUT2D eigenvalue weighted by Gasteiger charge is 2.32. The summed E-state index contributed by atoms with van der Waals surface area (Å²) in [6, 6.07) is 7.19. The quantitative estimate of drug-likeness (QED) is 0.635. The maximum atomic E-state index is 12.0. The number of para-hydroxylation sites is 1.